The minimum absolute atomic E-state index is 0.572. The van der Waals surface area contributed by atoms with Gasteiger partial charge < -0.3 is 19.7 Å². The number of aliphatic hydroxyl groups is 2. The van der Waals surface area contributed by atoms with E-state index < -0.39 is 17.9 Å². The Balaban J connectivity index is 2.24. The molecule has 0 saturated carbocycles. The van der Waals surface area contributed by atoms with Gasteiger partial charge in [-0.25, -0.2) is 0 Å². The van der Waals surface area contributed by atoms with Gasteiger partial charge in [0, 0.05) is 0 Å². The number of rotatable bonds is 0. The summed E-state index contributed by atoms with van der Waals surface area (Å²) in [4.78, 5) is 0. The molecule has 0 spiro atoms. The lowest BCUT2D eigenvalue weighted by Crippen LogP contribution is -2.56. The maximum absolute atomic E-state index is 8.92. The molecule has 8 heavy (non-hydrogen) atoms. The highest BCUT2D eigenvalue weighted by atomic mass is 17.0. The van der Waals surface area contributed by atoms with Crippen molar-refractivity contribution in [3.8, 4) is 0 Å². The molecule has 3 unspecified atom stereocenters. The van der Waals surface area contributed by atoms with Crippen molar-refractivity contribution in [2.75, 3.05) is 0 Å². The topological polar surface area (TPSA) is 62.2 Å². The Morgan fingerprint density at radius 1 is 1.38 bits per heavy atom. The van der Waals surface area contributed by atoms with Gasteiger partial charge in [-0.3, -0.25) is 0 Å². The molecule has 2 saturated heterocycles. The van der Waals surface area contributed by atoms with E-state index in [0.717, 1.165) is 0 Å². The average molecular weight is 118 g/mol. The molecule has 2 aliphatic rings. The third-order valence-corrected chi connectivity index (χ3v) is 1.55. The van der Waals surface area contributed by atoms with Gasteiger partial charge in [0.05, 0.1) is 0 Å². The second kappa shape index (κ2) is 0.823. The number of fused-ring (bicyclic) bond motifs is 1. The molecule has 4 heteroatoms. The van der Waals surface area contributed by atoms with E-state index in [1.807, 2.05) is 0 Å². The number of ether oxygens (including phenoxy) is 2. The van der Waals surface area contributed by atoms with Crippen LogP contribution in [0.1, 0.15) is 6.92 Å². The first-order chi connectivity index (χ1) is 3.56. The molecule has 3 atom stereocenters. The molecular formula is C4H6O4. The summed E-state index contributed by atoms with van der Waals surface area (Å²) < 4.78 is 9.10. The molecule has 2 rings (SSSR count). The zero-order valence-corrected chi connectivity index (χ0v) is 4.29. The van der Waals surface area contributed by atoms with Gasteiger partial charge in [-0.05, 0) is 6.92 Å². The molecule has 0 aromatic heterocycles. The fraction of sp³-hybridized carbons (Fsp3) is 1.00. The lowest BCUT2D eigenvalue weighted by Gasteiger charge is -2.32. The van der Waals surface area contributed by atoms with Crippen LogP contribution < -0.4 is 0 Å². The van der Waals surface area contributed by atoms with Gasteiger partial charge in [-0.15, -0.1) is 0 Å². The molecule has 2 fully saturated rings. The zero-order valence-electron chi connectivity index (χ0n) is 4.29. The van der Waals surface area contributed by atoms with Gasteiger partial charge in [-0.1, -0.05) is 0 Å². The van der Waals surface area contributed by atoms with Crippen LogP contribution in [0.2, 0.25) is 0 Å². The molecule has 0 bridgehead atoms. The van der Waals surface area contributed by atoms with Crippen LogP contribution in [0, 0.1) is 0 Å². The summed E-state index contributed by atoms with van der Waals surface area (Å²) in [6.07, 6.45) is -0.572. The predicted molar refractivity (Wildman–Crippen MR) is 21.5 cm³/mol. The first kappa shape index (κ1) is 4.69. The quantitative estimate of drug-likeness (QED) is 0.391. The Morgan fingerprint density at radius 3 is 2.00 bits per heavy atom. The van der Waals surface area contributed by atoms with Crippen molar-refractivity contribution in [2.24, 2.45) is 0 Å². The Labute approximate surface area is 45.6 Å². The Kier molecular flexibility index (Phi) is 0.483. The molecule has 2 heterocycles. The smallest absolute Gasteiger partial charge is 0.276 e. The second-order valence-electron chi connectivity index (χ2n) is 2.25. The predicted octanol–water partition coefficient (Wildman–Crippen LogP) is -1.23. The number of epoxide rings is 1. The fourth-order valence-corrected chi connectivity index (χ4v) is 0.796. The van der Waals surface area contributed by atoms with Crippen molar-refractivity contribution < 1.29 is 19.7 Å². The normalized spacial score (nSPS) is 68.6. The maximum atomic E-state index is 8.92. The van der Waals surface area contributed by atoms with Crippen molar-refractivity contribution in [1.82, 2.24) is 0 Å². The van der Waals surface area contributed by atoms with Gasteiger partial charge in [-0.2, -0.15) is 0 Å². The first-order valence-corrected chi connectivity index (χ1v) is 2.37. The van der Waals surface area contributed by atoms with E-state index in [2.05, 4.69) is 9.47 Å². The molecule has 2 N–H and O–H groups in total. The number of hydrogen-bond donors (Lipinski definition) is 2. The number of hydrogen-bond acceptors (Lipinski definition) is 4. The molecule has 0 aliphatic carbocycles. The van der Waals surface area contributed by atoms with E-state index in [1.54, 1.807) is 0 Å². The summed E-state index contributed by atoms with van der Waals surface area (Å²) in [5.41, 5.74) is 0. The zero-order chi connectivity index (χ0) is 5.99. The molecule has 0 aromatic rings. The van der Waals surface area contributed by atoms with Crippen LogP contribution in [0.25, 0.3) is 0 Å². The highest BCUT2D eigenvalue weighted by Crippen LogP contribution is 2.55. The average Bonchev–Trinajstić information content (AvgIpc) is 2.13. The van der Waals surface area contributed by atoms with Crippen molar-refractivity contribution >= 4 is 0 Å². The monoisotopic (exact) mass is 118 g/mol. The minimum atomic E-state index is -1.47. The first-order valence-electron chi connectivity index (χ1n) is 2.37. The van der Waals surface area contributed by atoms with Gasteiger partial charge in [0.1, 0.15) is 0 Å². The van der Waals surface area contributed by atoms with E-state index in [1.165, 1.54) is 6.92 Å². The molecule has 4 nitrogen and oxygen atoms in total. The minimum Gasteiger partial charge on any atom is -0.361 e. The molecule has 2 aliphatic heterocycles. The molecule has 0 amide bonds. The summed E-state index contributed by atoms with van der Waals surface area (Å²) in [7, 11) is 0. The van der Waals surface area contributed by atoms with Crippen LogP contribution >= 0.6 is 0 Å². The lowest BCUT2D eigenvalue weighted by molar-refractivity contribution is -0.340. The van der Waals surface area contributed by atoms with Crippen LogP contribution in [0.4, 0.5) is 0 Å². The highest BCUT2D eigenvalue weighted by molar-refractivity contribution is 5.06. The van der Waals surface area contributed by atoms with E-state index in [4.69, 9.17) is 10.2 Å². The standard InChI is InChI=1S/C4H6O4/c1-3(5)4(6)2(7-3)8-4/h2,5-6H,1H3. The third-order valence-electron chi connectivity index (χ3n) is 1.55. The van der Waals surface area contributed by atoms with Gasteiger partial charge in [0.25, 0.3) is 5.79 Å². The summed E-state index contributed by atoms with van der Waals surface area (Å²) in [6, 6.07) is 0. The Hall–Kier alpha value is -0.160. The van der Waals surface area contributed by atoms with Crippen LogP contribution in [0.5, 0.6) is 0 Å². The Morgan fingerprint density at radius 2 is 2.00 bits per heavy atom. The lowest BCUT2D eigenvalue weighted by atomic mass is 10.1. The van der Waals surface area contributed by atoms with E-state index in [-0.39, 0.29) is 0 Å². The summed E-state index contributed by atoms with van der Waals surface area (Å²) in [5, 5.41) is 17.8. The summed E-state index contributed by atoms with van der Waals surface area (Å²) >= 11 is 0. The summed E-state index contributed by atoms with van der Waals surface area (Å²) in [6.45, 7) is 1.36. The van der Waals surface area contributed by atoms with Crippen LogP contribution in [-0.2, 0) is 9.47 Å². The van der Waals surface area contributed by atoms with Crippen molar-refractivity contribution in [3.63, 3.8) is 0 Å². The fourth-order valence-electron chi connectivity index (χ4n) is 0.796. The molecule has 0 radical (unpaired) electrons. The third kappa shape index (κ3) is 0.262. The van der Waals surface area contributed by atoms with Crippen molar-refractivity contribution in [3.05, 3.63) is 0 Å². The van der Waals surface area contributed by atoms with Gasteiger partial charge in [0.2, 0.25) is 12.1 Å². The largest absolute Gasteiger partial charge is 0.361 e. The van der Waals surface area contributed by atoms with E-state index in [9.17, 15) is 0 Å². The van der Waals surface area contributed by atoms with Crippen molar-refractivity contribution in [2.45, 2.75) is 24.8 Å². The highest BCUT2D eigenvalue weighted by Gasteiger charge is 2.80. The van der Waals surface area contributed by atoms with E-state index >= 15 is 0 Å². The van der Waals surface area contributed by atoms with E-state index in [0.29, 0.717) is 0 Å². The molecule has 46 valence electrons. The Bertz CT molecular complexity index is 140. The summed E-state index contributed by atoms with van der Waals surface area (Å²) in [5.74, 6) is -2.86. The second-order valence-corrected chi connectivity index (χ2v) is 2.25. The van der Waals surface area contributed by atoms with Gasteiger partial charge in [0.15, 0.2) is 0 Å². The molecule has 0 aromatic carbocycles. The van der Waals surface area contributed by atoms with Crippen LogP contribution in [-0.4, -0.2) is 28.1 Å². The van der Waals surface area contributed by atoms with Gasteiger partial charge >= 0.3 is 0 Å². The molecular weight excluding hydrogens is 112 g/mol. The SMILES string of the molecule is CC1(O)OC2OC21O. The maximum Gasteiger partial charge on any atom is 0.276 e. The van der Waals surface area contributed by atoms with Crippen molar-refractivity contribution in [1.29, 1.82) is 0 Å². The van der Waals surface area contributed by atoms with Crippen LogP contribution in [0.15, 0.2) is 0 Å². The van der Waals surface area contributed by atoms with Crippen LogP contribution in [0.3, 0.4) is 0 Å².